The first-order valence-corrected chi connectivity index (χ1v) is 9.81. The van der Waals surface area contributed by atoms with E-state index in [1.54, 1.807) is 30.8 Å². The van der Waals surface area contributed by atoms with E-state index >= 15 is 0 Å². The quantitative estimate of drug-likeness (QED) is 0.545. The predicted molar refractivity (Wildman–Crippen MR) is 112 cm³/mol. The number of nitrogens with zero attached hydrogens (tertiary/aromatic N) is 4. The number of hydrogen-bond donors (Lipinski definition) is 1. The molecule has 0 aliphatic heterocycles. The van der Waals surface area contributed by atoms with E-state index in [4.69, 9.17) is 4.98 Å². The Kier molecular flexibility index (Phi) is 5.25. The van der Waals surface area contributed by atoms with Crippen LogP contribution in [0.5, 0.6) is 0 Å². The Balaban J connectivity index is 1.46. The van der Waals surface area contributed by atoms with Crippen LogP contribution in [0, 0.1) is 0 Å². The Morgan fingerprint density at radius 2 is 1.75 bits per heavy atom. The van der Waals surface area contributed by atoms with Crippen LogP contribution in [0.3, 0.4) is 0 Å². The maximum absolute atomic E-state index is 12.3. The standard InChI is InChI=1S/C21H19N5OS/c1-26-20(27)13-17(16-7-10-22-11-8-16)25-21(26)23-12-9-19-24-18(14-28-19)15-5-3-2-4-6-15/h2-8,10-11,13-14H,9,12H2,1H3,(H,23,25). The van der Waals surface area contributed by atoms with Gasteiger partial charge in [-0.05, 0) is 12.1 Å². The number of aromatic nitrogens is 4. The molecule has 0 saturated heterocycles. The predicted octanol–water partition coefficient (Wildman–Crippen LogP) is 3.62. The molecule has 0 bridgehead atoms. The van der Waals surface area contributed by atoms with E-state index in [-0.39, 0.29) is 5.56 Å². The summed E-state index contributed by atoms with van der Waals surface area (Å²) in [4.78, 5) is 25.6. The number of hydrogen-bond acceptors (Lipinski definition) is 6. The van der Waals surface area contributed by atoms with Gasteiger partial charge in [-0.3, -0.25) is 14.3 Å². The van der Waals surface area contributed by atoms with Crippen LogP contribution < -0.4 is 10.9 Å². The van der Waals surface area contributed by atoms with Crippen molar-refractivity contribution in [3.63, 3.8) is 0 Å². The first-order chi connectivity index (χ1) is 13.7. The molecule has 7 heteroatoms. The summed E-state index contributed by atoms with van der Waals surface area (Å²) >= 11 is 1.64. The second kappa shape index (κ2) is 8.14. The molecule has 3 heterocycles. The van der Waals surface area contributed by atoms with E-state index in [0.29, 0.717) is 18.2 Å². The van der Waals surface area contributed by atoms with E-state index in [1.807, 2.05) is 30.3 Å². The Labute approximate surface area is 166 Å². The summed E-state index contributed by atoms with van der Waals surface area (Å²) in [7, 11) is 1.71. The van der Waals surface area contributed by atoms with Crippen LogP contribution in [0.15, 0.2) is 71.1 Å². The molecule has 6 nitrogen and oxygen atoms in total. The van der Waals surface area contributed by atoms with Gasteiger partial charge in [0, 0.05) is 55.0 Å². The lowest BCUT2D eigenvalue weighted by Gasteiger charge is -2.11. The monoisotopic (exact) mass is 389 g/mol. The minimum absolute atomic E-state index is 0.107. The Bertz CT molecular complexity index is 1120. The molecule has 1 aromatic carbocycles. The smallest absolute Gasteiger partial charge is 0.255 e. The number of benzene rings is 1. The van der Waals surface area contributed by atoms with Gasteiger partial charge in [0.1, 0.15) is 0 Å². The molecule has 0 unspecified atom stereocenters. The number of pyridine rings is 1. The number of rotatable bonds is 6. The highest BCUT2D eigenvalue weighted by Gasteiger charge is 2.08. The lowest BCUT2D eigenvalue weighted by molar-refractivity contribution is 0.819. The van der Waals surface area contributed by atoms with Crippen molar-refractivity contribution in [3.05, 3.63) is 81.7 Å². The molecule has 0 fully saturated rings. The zero-order chi connectivity index (χ0) is 19.3. The summed E-state index contributed by atoms with van der Waals surface area (Å²) in [6.45, 7) is 0.641. The first-order valence-electron chi connectivity index (χ1n) is 8.93. The molecule has 4 rings (SSSR count). The zero-order valence-corrected chi connectivity index (χ0v) is 16.2. The second-order valence-electron chi connectivity index (χ2n) is 6.27. The summed E-state index contributed by atoms with van der Waals surface area (Å²) in [5.41, 5.74) is 3.50. The molecule has 0 saturated carbocycles. The molecular formula is C21H19N5OS. The summed E-state index contributed by atoms with van der Waals surface area (Å²) in [6.07, 6.45) is 4.13. The average molecular weight is 389 g/mol. The number of thiazole rings is 1. The SMILES string of the molecule is Cn1c(NCCc2nc(-c3ccccc3)cs2)nc(-c2ccncc2)cc1=O. The van der Waals surface area contributed by atoms with Gasteiger partial charge in [0.2, 0.25) is 5.95 Å². The van der Waals surface area contributed by atoms with E-state index in [9.17, 15) is 4.79 Å². The lowest BCUT2D eigenvalue weighted by Crippen LogP contribution is -2.22. The van der Waals surface area contributed by atoms with Gasteiger partial charge >= 0.3 is 0 Å². The van der Waals surface area contributed by atoms with Crippen LogP contribution >= 0.6 is 11.3 Å². The van der Waals surface area contributed by atoms with Crippen molar-refractivity contribution in [1.29, 1.82) is 0 Å². The van der Waals surface area contributed by atoms with Crippen LogP contribution in [-0.4, -0.2) is 26.1 Å². The Morgan fingerprint density at radius 3 is 2.54 bits per heavy atom. The van der Waals surface area contributed by atoms with Crippen molar-refractivity contribution in [1.82, 2.24) is 19.5 Å². The summed E-state index contributed by atoms with van der Waals surface area (Å²) in [6, 6.07) is 15.3. The average Bonchev–Trinajstić information content (AvgIpc) is 3.21. The van der Waals surface area contributed by atoms with Crippen molar-refractivity contribution in [2.45, 2.75) is 6.42 Å². The maximum atomic E-state index is 12.3. The molecule has 0 aliphatic rings. The van der Waals surface area contributed by atoms with Gasteiger partial charge in [0.05, 0.1) is 16.4 Å². The normalized spacial score (nSPS) is 10.8. The molecule has 0 spiro atoms. The molecule has 1 N–H and O–H groups in total. The fourth-order valence-corrected chi connectivity index (χ4v) is 3.62. The fourth-order valence-electron chi connectivity index (χ4n) is 2.82. The highest BCUT2D eigenvalue weighted by Crippen LogP contribution is 2.22. The van der Waals surface area contributed by atoms with Crippen molar-refractivity contribution in [3.8, 4) is 22.5 Å². The maximum Gasteiger partial charge on any atom is 0.255 e. The molecule has 28 heavy (non-hydrogen) atoms. The minimum Gasteiger partial charge on any atom is -0.355 e. The molecule has 140 valence electrons. The van der Waals surface area contributed by atoms with Gasteiger partial charge in [0.25, 0.3) is 5.56 Å². The summed E-state index contributed by atoms with van der Waals surface area (Å²) in [5.74, 6) is 0.541. The minimum atomic E-state index is -0.107. The van der Waals surface area contributed by atoms with E-state index in [1.165, 1.54) is 10.6 Å². The van der Waals surface area contributed by atoms with E-state index < -0.39 is 0 Å². The van der Waals surface area contributed by atoms with Crippen LogP contribution in [0.25, 0.3) is 22.5 Å². The Morgan fingerprint density at radius 1 is 1.00 bits per heavy atom. The summed E-state index contributed by atoms with van der Waals surface area (Å²) < 4.78 is 1.52. The lowest BCUT2D eigenvalue weighted by atomic mass is 10.2. The van der Waals surface area contributed by atoms with Crippen LogP contribution in [-0.2, 0) is 13.5 Å². The van der Waals surface area contributed by atoms with Crippen molar-refractivity contribution in [2.24, 2.45) is 7.05 Å². The van der Waals surface area contributed by atoms with Crippen molar-refractivity contribution >= 4 is 17.3 Å². The van der Waals surface area contributed by atoms with Crippen LogP contribution in [0.2, 0.25) is 0 Å². The fraction of sp³-hybridized carbons (Fsp3) is 0.143. The van der Waals surface area contributed by atoms with Gasteiger partial charge in [-0.2, -0.15) is 0 Å². The van der Waals surface area contributed by atoms with E-state index in [0.717, 1.165) is 28.2 Å². The number of anilines is 1. The van der Waals surface area contributed by atoms with E-state index in [2.05, 4.69) is 32.8 Å². The van der Waals surface area contributed by atoms with Crippen molar-refractivity contribution in [2.75, 3.05) is 11.9 Å². The van der Waals surface area contributed by atoms with Gasteiger partial charge in [0.15, 0.2) is 0 Å². The zero-order valence-electron chi connectivity index (χ0n) is 15.4. The third-order valence-corrected chi connectivity index (χ3v) is 5.26. The van der Waals surface area contributed by atoms with Crippen LogP contribution in [0.1, 0.15) is 5.01 Å². The molecular weight excluding hydrogens is 370 g/mol. The first kappa shape index (κ1) is 18.1. The second-order valence-corrected chi connectivity index (χ2v) is 7.21. The topological polar surface area (TPSA) is 72.7 Å². The molecule has 0 radical (unpaired) electrons. The van der Waals surface area contributed by atoms with Gasteiger partial charge in [-0.1, -0.05) is 30.3 Å². The molecule has 0 atom stereocenters. The molecule has 3 aromatic heterocycles. The van der Waals surface area contributed by atoms with Gasteiger partial charge < -0.3 is 5.32 Å². The molecule has 0 aliphatic carbocycles. The van der Waals surface area contributed by atoms with Gasteiger partial charge in [-0.15, -0.1) is 11.3 Å². The molecule has 4 aromatic rings. The third-order valence-electron chi connectivity index (χ3n) is 4.35. The molecule has 0 amide bonds. The van der Waals surface area contributed by atoms with Crippen molar-refractivity contribution < 1.29 is 0 Å². The van der Waals surface area contributed by atoms with Crippen LogP contribution in [0.4, 0.5) is 5.95 Å². The Hall–Kier alpha value is -3.32. The largest absolute Gasteiger partial charge is 0.355 e. The van der Waals surface area contributed by atoms with Gasteiger partial charge in [-0.25, -0.2) is 9.97 Å². The highest BCUT2D eigenvalue weighted by molar-refractivity contribution is 7.09. The third kappa shape index (κ3) is 3.99. The summed E-state index contributed by atoms with van der Waals surface area (Å²) in [5, 5.41) is 6.38. The number of nitrogens with one attached hydrogen (secondary N) is 1. The highest BCUT2D eigenvalue weighted by atomic mass is 32.1.